The first-order valence-electron chi connectivity index (χ1n) is 7.54. The van der Waals surface area contributed by atoms with E-state index in [1.54, 1.807) is 29.4 Å². The fourth-order valence-electron chi connectivity index (χ4n) is 2.55. The maximum atomic E-state index is 12.3. The number of carbonyl (C=O) groups is 1. The number of aromatic amines is 1. The van der Waals surface area contributed by atoms with Crippen LogP contribution in [0.1, 0.15) is 17.4 Å². The fraction of sp³-hybridized carbons (Fsp3) is 0.222. The van der Waals surface area contributed by atoms with Crippen molar-refractivity contribution in [1.82, 2.24) is 9.88 Å². The number of benzene rings is 1. The van der Waals surface area contributed by atoms with Crippen LogP contribution in [0.4, 0.5) is 0 Å². The molecular weight excluding hydrogens is 324 g/mol. The minimum Gasteiger partial charge on any atom is -0.497 e. The van der Waals surface area contributed by atoms with E-state index in [1.807, 2.05) is 35.7 Å². The molecule has 0 aliphatic rings. The van der Waals surface area contributed by atoms with Crippen LogP contribution in [0.3, 0.4) is 0 Å². The molecular formula is C18H18N2O3S. The van der Waals surface area contributed by atoms with E-state index in [2.05, 4.69) is 4.98 Å². The first-order chi connectivity index (χ1) is 11.6. The molecule has 0 unspecified atom stereocenters. The lowest BCUT2D eigenvalue weighted by atomic mass is 10.1. The van der Waals surface area contributed by atoms with Crippen LogP contribution in [-0.2, 0) is 17.9 Å². The average molecular weight is 342 g/mol. The number of methoxy groups -OCH3 is 1. The van der Waals surface area contributed by atoms with Gasteiger partial charge in [-0.15, -0.1) is 11.3 Å². The van der Waals surface area contributed by atoms with Gasteiger partial charge in [-0.25, -0.2) is 0 Å². The van der Waals surface area contributed by atoms with Crippen LogP contribution in [0.15, 0.2) is 46.6 Å². The summed E-state index contributed by atoms with van der Waals surface area (Å²) in [5.41, 5.74) is 1.13. The predicted molar refractivity (Wildman–Crippen MR) is 95.4 cm³/mol. The van der Waals surface area contributed by atoms with Gasteiger partial charge in [0, 0.05) is 28.3 Å². The molecule has 24 heavy (non-hydrogen) atoms. The molecule has 2 aromatic heterocycles. The van der Waals surface area contributed by atoms with Gasteiger partial charge in [0.1, 0.15) is 5.75 Å². The Bertz CT molecular complexity index is 916. The molecule has 124 valence electrons. The lowest BCUT2D eigenvalue weighted by Gasteiger charge is -2.20. The van der Waals surface area contributed by atoms with E-state index in [0.717, 1.165) is 21.5 Å². The quantitative estimate of drug-likeness (QED) is 0.775. The van der Waals surface area contributed by atoms with E-state index in [9.17, 15) is 9.59 Å². The van der Waals surface area contributed by atoms with Crippen LogP contribution in [0.25, 0.3) is 10.9 Å². The topological polar surface area (TPSA) is 62.4 Å². The second kappa shape index (κ2) is 6.88. The van der Waals surface area contributed by atoms with Crippen molar-refractivity contribution in [3.63, 3.8) is 0 Å². The van der Waals surface area contributed by atoms with Gasteiger partial charge < -0.3 is 14.6 Å². The van der Waals surface area contributed by atoms with Crippen molar-refractivity contribution < 1.29 is 9.53 Å². The molecule has 1 aromatic carbocycles. The standard InChI is InChI=1S/C18H18N2O3S/c1-12(21)20(11-16-4-3-7-24-16)10-14-8-13-9-15(23-2)5-6-17(13)19-18(14)22/h3-9H,10-11H2,1-2H3,(H,19,22). The van der Waals surface area contributed by atoms with Crippen LogP contribution in [0, 0.1) is 0 Å². The summed E-state index contributed by atoms with van der Waals surface area (Å²) in [5, 5.41) is 2.85. The molecule has 0 radical (unpaired) electrons. The second-order valence-electron chi connectivity index (χ2n) is 5.53. The van der Waals surface area contributed by atoms with Crippen molar-refractivity contribution in [3.8, 4) is 5.75 Å². The molecule has 0 aliphatic carbocycles. The van der Waals surface area contributed by atoms with Crippen molar-refractivity contribution >= 4 is 28.1 Å². The Kier molecular flexibility index (Phi) is 4.66. The molecule has 0 aliphatic heterocycles. The smallest absolute Gasteiger partial charge is 0.253 e. The van der Waals surface area contributed by atoms with Gasteiger partial charge in [0.05, 0.1) is 20.2 Å². The zero-order valence-corrected chi connectivity index (χ0v) is 14.4. The number of nitrogens with zero attached hydrogens (tertiary/aromatic N) is 1. The van der Waals surface area contributed by atoms with Crippen LogP contribution in [0.5, 0.6) is 5.75 Å². The van der Waals surface area contributed by atoms with Gasteiger partial charge in [0.25, 0.3) is 5.56 Å². The summed E-state index contributed by atoms with van der Waals surface area (Å²) in [6.45, 7) is 2.30. The fourth-order valence-corrected chi connectivity index (χ4v) is 3.27. The van der Waals surface area contributed by atoms with Gasteiger partial charge in [0.2, 0.25) is 5.91 Å². The van der Waals surface area contributed by atoms with Gasteiger partial charge in [-0.3, -0.25) is 9.59 Å². The second-order valence-corrected chi connectivity index (χ2v) is 6.56. The Morgan fingerprint density at radius 3 is 2.75 bits per heavy atom. The molecule has 0 fully saturated rings. The van der Waals surface area contributed by atoms with Crippen LogP contribution >= 0.6 is 11.3 Å². The normalized spacial score (nSPS) is 10.8. The van der Waals surface area contributed by atoms with Gasteiger partial charge in [-0.1, -0.05) is 6.07 Å². The number of H-pyrrole nitrogens is 1. The van der Waals surface area contributed by atoms with Crippen molar-refractivity contribution in [2.24, 2.45) is 0 Å². The molecule has 6 heteroatoms. The third-order valence-corrected chi connectivity index (χ3v) is 4.72. The monoisotopic (exact) mass is 342 g/mol. The van der Waals surface area contributed by atoms with E-state index in [4.69, 9.17) is 4.74 Å². The number of ether oxygens (including phenoxy) is 1. The minimum atomic E-state index is -0.176. The molecule has 0 spiro atoms. The average Bonchev–Trinajstić information content (AvgIpc) is 3.07. The number of nitrogens with one attached hydrogen (secondary N) is 1. The van der Waals surface area contributed by atoms with Gasteiger partial charge in [-0.2, -0.15) is 0 Å². The van der Waals surface area contributed by atoms with Crippen LogP contribution in [0.2, 0.25) is 0 Å². The number of carbonyl (C=O) groups excluding carboxylic acids is 1. The van der Waals surface area contributed by atoms with E-state index in [-0.39, 0.29) is 18.0 Å². The summed E-state index contributed by atoms with van der Waals surface area (Å²) in [4.78, 5) is 29.9. The Hall–Kier alpha value is -2.60. The molecule has 0 saturated carbocycles. The number of fused-ring (bicyclic) bond motifs is 1. The number of rotatable bonds is 5. The Balaban J connectivity index is 1.93. The summed E-state index contributed by atoms with van der Waals surface area (Å²) >= 11 is 1.59. The third-order valence-electron chi connectivity index (χ3n) is 3.86. The molecule has 1 N–H and O–H groups in total. The third kappa shape index (κ3) is 3.49. The highest BCUT2D eigenvalue weighted by atomic mass is 32.1. The summed E-state index contributed by atoms with van der Waals surface area (Å²) in [6.07, 6.45) is 0. The van der Waals surface area contributed by atoms with Gasteiger partial charge in [0.15, 0.2) is 0 Å². The molecule has 0 bridgehead atoms. The maximum absolute atomic E-state index is 12.3. The Morgan fingerprint density at radius 2 is 2.08 bits per heavy atom. The molecule has 2 heterocycles. The minimum absolute atomic E-state index is 0.0615. The predicted octanol–water partition coefficient (Wildman–Crippen LogP) is 3.15. The zero-order valence-electron chi connectivity index (χ0n) is 13.5. The Morgan fingerprint density at radius 1 is 1.25 bits per heavy atom. The van der Waals surface area contributed by atoms with Gasteiger partial charge >= 0.3 is 0 Å². The van der Waals surface area contributed by atoms with Gasteiger partial charge in [-0.05, 0) is 35.7 Å². The van der Waals surface area contributed by atoms with Crippen LogP contribution in [-0.4, -0.2) is 22.9 Å². The van der Waals surface area contributed by atoms with E-state index >= 15 is 0 Å². The van der Waals surface area contributed by atoms with Crippen molar-refractivity contribution in [1.29, 1.82) is 0 Å². The number of amides is 1. The first kappa shape index (κ1) is 16.3. The number of thiophene rings is 1. The Labute approximate surface area is 143 Å². The SMILES string of the molecule is COc1ccc2[nH]c(=O)c(CN(Cc3cccs3)C(C)=O)cc2c1. The number of pyridine rings is 1. The first-order valence-corrected chi connectivity index (χ1v) is 8.42. The molecule has 3 aromatic rings. The van der Waals surface area contributed by atoms with E-state index in [0.29, 0.717) is 12.1 Å². The van der Waals surface area contributed by atoms with Crippen molar-refractivity contribution in [3.05, 3.63) is 62.6 Å². The number of aromatic nitrogens is 1. The van der Waals surface area contributed by atoms with Crippen molar-refractivity contribution in [2.45, 2.75) is 20.0 Å². The zero-order chi connectivity index (χ0) is 17.1. The summed E-state index contributed by atoms with van der Waals surface area (Å²) < 4.78 is 5.23. The molecule has 0 atom stereocenters. The maximum Gasteiger partial charge on any atom is 0.253 e. The molecule has 1 amide bonds. The highest BCUT2D eigenvalue weighted by molar-refractivity contribution is 7.09. The lowest BCUT2D eigenvalue weighted by molar-refractivity contribution is -0.130. The largest absolute Gasteiger partial charge is 0.497 e. The highest BCUT2D eigenvalue weighted by Gasteiger charge is 2.14. The van der Waals surface area contributed by atoms with E-state index < -0.39 is 0 Å². The molecule has 5 nitrogen and oxygen atoms in total. The lowest BCUT2D eigenvalue weighted by Crippen LogP contribution is -2.30. The number of hydrogen-bond acceptors (Lipinski definition) is 4. The summed E-state index contributed by atoms with van der Waals surface area (Å²) in [6, 6.07) is 11.2. The van der Waals surface area contributed by atoms with Crippen LogP contribution < -0.4 is 10.3 Å². The number of hydrogen-bond donors (Lipinski definition) is 1. The van der Waals surface area contributed by atoms with E-state index in [1.165, 1.54) is 6.92 Å². The molecule has 0 saturated heterocycles. The van der Waals surface area contributed by atoms with Crippen molar-refractivity contribution in [2.75, 3.05) is 7.11 Å². The summed E-state index contributed by atoms with van der Waals surface area (Å²) in [7, 11) is 1.60. The highest BCUT2D eigenvalue weighted by Crippen LogP contribution is 2.20. The summed E-state index contributed by atoms with van der Waals surface area (Å²) in [5.74, 6) is 0.663. The molecule has 3 rings (SSSR count).